The number of aromatic nitrogens is 3. The van der Waals surface area contributed by atoms with Crippen LogP contribution in [0.4, 0.5) is 0 Å². The molecule has 2 aromatic rings. The Hall–Kier alpha value is -1.14. The highest BCUT2D eigenvalue weighted by molar-refractivity contribution is 9.10. The van der Waals surface area contributed by atoms with Crippen molar-refractivity contribution in [1.82, 2.24) is 19.5 Å². The van der Waals surface area contributed by atoms with Crippen molar-refractivity contribution in [3.63, 3.8) is 0 Å². The second kappa shape index (κ2) is 6.86. The van der Waals surface area contributed by atoms with Crippen LogP contribution in [0.2, 0.25) is 0 Å². The van der Waals surface area contributed by atoms with Crippen LogP contribution in [0.1, 0.15) is 20.3 Å². The molecule has 0 fully saturated rings. The van der Waals surface area contributed by atoms with E-state index in [-0.39, 0.29) is 0 Å². The molecule has 19 heavy (non-hydrogen) atoms. The zero-order valence-electron chi connectivity index (χ0n) is 11.3. The highest BCUT2D eigenvalue weighted by atomic mass is 79.9. The number of halogens is 1. The van der Waals surface area contributed by atoms with Gasteiger partial charge in [0.2, 0.25) is 5.88 Å². The van der Waals surface area contributed by atoms with Crippen LogP contribution < -0.4 is 4.74 Å². The van der Waals surface area contributed by atoms with Crippen LogP contribution in [0.15, 0.2) is 22.9 Å². The van der Waals surface area contributed by atoms with Crippen LogP contribution in [-0.4, -0.2) is 45.7 Å². The maximum absolute atomic E-state index is 5.67. The Kier molecular flexibility index (Phi) is 5.15. The fourth-order valence-electron chi connectivity index (χ4n) is 1.91. The zero-order chi connectivity index (χ0) is 13.7. The van der Waals surface area contributed by atoms with Crippen LogP contribution in [0.25, 0.3) is 5.65 Å². The Labute approximate surface area is 121 Å². The number of fused-ring (bicyclic) bond motifs is 1. The molecule has 0 amide bonds. The number of hydrogen-bond acceptors (Lipinski definition) is 4. The number of nitrogens with zero attached hydrogens (tertiary/aromatic N) is 4. The van der Waals surface area contributed by atoms with E-state index in [2.05, 4.69) is 44.8 Å². The quantitative estimate of drug-likeness (QED) is 0.733. The Morgan fingerprint density at radius 3 is 2.84 bits per heavy atom. The van der Waals surface area contributed by atoms with E-state index < -0.39 is 0 Å². The lowest BCUT2D eigenvalue weighted by molar-refractivity contribution is 0.242. The van der Waals surface area contributed by atoms with Gasteiger partial charge in [-0.25, -0.2) is 9.50 Å². The molecule has 104 valence electrons. The van der Waals surface area contributed by atoms with Gasteiger partial charge in [-0.2, -0.15) is 0 Å². The summed E-state index contributed by atoms with van der Waals surface area (Å²) in [6, 6.07) is 3.75. The SMILES string of the molecule is CCN(CC)CCCOc1ccc2ncc(Br)n2n1. The smallest absolute Gasteiger partial charge is 0.231 e. The van der Waals surface area contributed by atoms with E-state index >= 15 is 0 Å². The van der Waals surface area contributed by atoms with E-state index in [1.807, 2.05) is 12.1 Å². The number of ether oxygens (including phenoxy) is 1. The summed E-state index contributed by atoms with van der Waals surface area (Å²) < 4.78 is 8.22. The third-order valence-electron chi connectivity index (χ3n) is 3.06. The molecule has 6 heteroatoms. The van der Waals surface area contributed by atoms with E-state index in [1.165, 1.54) is 0 Å². The standard InChI is InChI=1S/C13H19BrN4O/c1-3-17(4-2)8-5-9-19-13-7-6-12-15-10-11(14)18(12)16-13/h6-7,10H,3-5,8-9H2,1-2H3. The molecule has 0 saturated carbocycles. The fourth-order valence-corrected chi connectivity index (χ4v) is 2.27. The summed E-state index contributed by atoms with van der Waals surface area (Å²) in [5.74, 6) is 0.630. The Morgan fingerprint density at radius 1 is 1.32 bits per heavy atom. The second-order valence-corrected chi connectivity index (χ2v) is 5.06. The lowest BCUT2D eigenvalue weighted by Gasteiger charge is -2.17. The molecule has 0 bridgehead atoms. The predicted octanol–water partition coefficient (Wildman–Crippen LogP) is 2.60. The predicted molar refractivity (Wildman–Crippen MR) is 78.6 cm³/mol. The van der Waals surface area contributed by atoms with Gasteiger partial charge in [0.1, 0.15) is 4.60 Å². The first-order chi connectivity index (χ1) is 9.24. The molecule has 0 aromatic carbocycles. The van der Waals surface area contributed by atoms with Crippen molar-refractivity contribution in [2.75, 3.05) is 26.2 Å². The van der Waals surface area contributed by atoms with E-state index in [0.717, 1.165) is 36.3 Å². The van der Waals surface area contributed by atoms with Gasteiger partial charge < -0.3 is 9.64 Å². The number of rotatable bonds is 7. The minimum absolute atomic E-state index is 0.630. The molecule has 2 rings (SSSR count). The summed E-state index contributed by atoms with van der Waals surface area (Å²) in [6.07, 6.45) is 2.74. The van der Waals surface area contributed by atoms with Crippen molar-refractivity contribution in [2.24, 2.45) is 0 Å². The summed E-state index contributed by atoms with van der Waals surface area (Å²) in [5.41, 5.74) is 0.808. The summed E-state index contributed by atoms with van der Waals surface area (Å²) in [5, 5.41) is 4.36. The minimum atomic E-state index is 0.630. The monoisotopic (exact) mass is 326 g/mol. The van der Waals surface area contributed by atoms with Gasteiger partial charge in [-0.3, -0.25) is 0 Å². The summed E-state index contributed by atoms with van der Waals surface area (Å²) in [7, 11) is 0. The van der Waals surface area contributed by atoms with E-state index in [0.29, 0.717) is 12.5 Å². The van der Waals surface area contributed by atoms with Gasteiger partial charge in [-0.1, -0.05) is 13.8 Å². The molecular weight excluding hydrogens is 308 g/mol. The lowest BCUT2D eigenvalue weighted by Crippen LogP contribution is -2.25. The third-order valence-corrected chi connectivity index (χ3v) is 3.60. The van der Waals surface area contributed by atoms with E-state index in [9.17, 15) is 0 Å². The molecule has 0 atom stereocenters. The van der Waals surface area contributed by atoms with E-state index in [4.69, 9.17) is 4.74 Å². The van der Waals surface area contributed by atoms with Gasteiger partial charge in [0.25, 0.3) is 0 Å². The van der Waals surface area contributed by atoms with Gasteiger partial charge in [0.05, 0.1) is 12.8 Å². The topological polar surface area (TPSA) is 42.7 Å². The van der Waals surface area contributed by atoms with Crippen molar-refractivity contribution in [3.8, 4) is 5.88 Å². The normalized spacial score (nSPS) is 11.4. The van der Waals surface area contributed by atoms with Gasteiger partial charge in [0, 0.05) is 12.6 Å². The van der Waals surface area contributed by atoms with E-state index in [1.54, 1.807) is 10.7 Å². The molecule has 2 aromatic heterocycles. The van der Waals surface area contributed by atoms with Gasteiger partial charge in [-0.05, 0) is 41.5 Å². The lowest BCUT2D eigenvalue weighted by atomic mass is 10.4. The Bertz CT molecular complexity index is 524. The van der Waals surface area contributed by atoms with Crippen molar-refractivity contribution in [3.05, 3.63) is 22.9 Å². The van der Waals surface area contributed by atoms with Crippen molar-refractivity contribution >= 4 is 21.6 Å². The first-order valence-electron chi connectivity index (χ1n) is 6.60. The molecule has 0 unspecified atom stereocenters. The summed E-state index contributed by atoms with van der Waals surface area (Å²) >= 11 is 3.40. The minimum Gasteiger partial charge on any atom is -0.477 e. The fraction of sp³-hybridized carbons (Fsp3) is 0.538. The molecule has 0 radical (unpaired) electrons. The van der Waals surface area contributed by atoms with Crippen LogP contribution in [0.5, 0.6) is 5.88 Å². The molecule has 0 aliphatic heterocycles. The maximum atomic E-state index is 5.67. The van der Waals surface area contributed by atoms with Gasteiger partial charge in [-0.15, -0.1) is 5.10 Å². The Balaban J connectivity index is 1.86. The maximum Gasteiger partial charge on any atom is 0.231 e. The average Bonchev–Trinajstić information content (AvgIpc) is 2.80. The van der Waals surface area contributed by atoms with Crippen LogP contribution >= 0.6 is 15.9 Å². The molecule has 0 N–H and O–H groups in total. The number of hydrogen-bond donors (Lipinski definition) is 0. The molecular formula is C13H19BrN4O. The first-order valence-corrected chi connectivity index (χ1v) is 7.39. The van der Waals surface area contributed by atoms with Crippen LogP contribution in [0, 0.1) is 0 Å². The molecule has 0 aliphatic carbocycles. The largest absolute Gasteiger partial charge is 0.477 e. The van der Waals surface area contributed by atoms with Crippen molar-refractivity contribution in [1.29, 1.82) is 0 Å². The third kappa shape index (κ3) is 3.67. The van der Waals surface area contributed by atoms with Crippen molar-refractivity contribution in [2.45, 2.75) is 20.3 Å². The van der Waals surface area contributed by atoms with Crippen molar-refractivity contribution < 1.29 is 4.74 Å². The molecule has 0 saturated heterocycles. The van der Waals surface area contributed by atoms with Crippen LogP contribution in [0.3, 0.4) is 0 Å². The molecule has 0 aliphatic rings. The zero-order valence-corrected chi connectivity index (χ0v) is 12.9. The Morgan fingerprint density at radius 2 is 2.11 bits per heavy atom. The molecule has 5 nitrogen and oxygen atoms in total. The second-order valence-electron chi connectivity index (χ2n) is 4.25. The van der Waals surface area contributed by atoms with Crippen LogP contribution in [-0.2, 0) is 0 Å². The number of imidazole rings is 1. The van der Waals surface area contributed by atoms with Gasteiger partial charge >= 0.3 is 0 Å². The highest BCUT2D eigenvalue weighted by Gasteiger charge is 2.04. The highest BCUT2D eigenvalue weighted by Crippen LogP contribution is 2.14. The summed E-state index contributed by atoms with van der Waals surface area (Å²) in [4.78, 5) is 6.57. The van der Waals surface area contributed by atoms with Gasteiger partial charge in [0.15, 0.2) is 5.65 Å². The first kappa shape index (κ1) is 14.3. The average molecular weight is 327 g/mol. The summed E-state index contributed by atoms with van der Waals surface area (Å²) in [6.45, 7) is 8.27. The molecule has 0 spiro atoms. The molecule has 2 heterocycles.